The number of rotatable bonds is 4. The summed E-state index contributed by atoms with van der Waals surface area (Å²) >= 11 is 0. The Balaban J connectivity index is 1.74. The fourth-order valence-electron chi connectivity index (χ4n) is 4.12. The van der Waals surface area contributed by atoms with Gasteiger partial charge in [-0.15, -0.1) is 0 Å². The number of allylic oxidation sites excluding steroid dienone is 1. The fourth-order valence-corrected chi connectivity index (χ4v) is 4.12. The molecule has 3 aromatic rings. The maximum atomic E-state index is 14.0. The molecule has 1 aliphatic carbocycles. The van der Waals surface area contributed by atoms with Crippen molar-refractivity contribution in [3.05, 3.63) is 89.0 Å². The molecule has 1 aliphatic rings. The summed E-state index contributed by atoms with van der Waals surface area (Å²) in [6.07, 6.45) is -2.96. The first-order chi connectivity index (χ1) is 14.2. The number of halogens is 4. The first-order valence-electron chi connectivity index (χ1n) is 9.53. The molecule has 0 radical (unpaired) electrons. The van der Waals surface area contributed by atoms with E-state index >= 15 is 0 Å². The molecule has 0 bridgehead atoms. The second-order valence-electron chi connectivity index (χ2n) is 7.87. The van der Waals surface area contributed by atoms with Crippen LogP contribution in [0.3, 0.4) is 0 Å². The average Bonchev–Trinajstić information content (AvgIpc) is 3.09. The third-order valence-electron chi connectivity index (χ3n) is 5.60. The van der Waals surface area contributed by atoms with Crippen molar-refractivity contribution in [2.45, 2.75) is 32.0 Å². The van der Waals surface area contributed by atoms with Crippen molar-refractivity contribution in [3.8, 4) is 5.69 Å². The van der Waals surface area contributed by atoms with E-state index in [1.807, 2.05) is 0 Å². The number of aromatic nitrogens is 2. The van der Waals surface area contributed by atoms with E-state index in [-0.39, 0.29) is 12.8 Å². The molecule has 0 spiro atoms. The summed E-state index contributed by atoms with van der Waals surface area (Å²) in [6.45, 7) is 1.52. The zero-order valence-corrected chi connectivity index (χ0v) is 16.2. The van der Waals surface area contributed by atoms with E-state index < -0.39 is 29.1 Å². The molecular formula is C23H20F4N2O. The SMILES string of the molecule is C[C@]1(CC(O)c2ccccc2)Cc2cnn(-c3ccc(F)cc3)c2C=C1C(F)(F)F. The Bertz CT molecular complexity index is 1070. The predicted molar refractivity (Wildman–Crippen MR) is 105 cm³/mol. The highest BCUT2D eigenvalue weighted by Crippen LogP contribution is 2.50. The van der Waals surface area contributed by atoms with Gasteiger partial charge in [-0.2, -0.15) is 18.3 Å². The largest absolute Gasteiger partial charge is 0.413 e. The standard InChI is InChI=1S/C23H20F4N2O/c1-22(13-20(30)15-5-3-2-4-6-15)12-16-14-28-29(18-9-7-17(24)8-10-18)19(16)11-21(22)23(25,26)27/h2-11,14,20,30H,12-13H2,1H3/t20?,22-/m1/s1. The third-order valence-corrected chi connectivity index (χ3v) is 5.60. The topological polar surface area (TPSA) is 38.1 Å². The molecule has 1 aromatic heterocycles. The molecule has 0 fully saturated rings. The second kappa shape index (κ2) is 7.40. The van der Waals surface area contributed by atoms with Crippen molar-refractivity contribution >= 4 is 6.08 Å². The Morgan fingerprint density at radius 1 is 1.10 bits per heavy atom. The molecule has 2 atom stereocenters. The molecular weight excluding hydrogens is 396 g/mol. The lowest BCUT2D eigenvalue weighted by molar-refractivity contribution is -0.108. The number of aliphatic hydroxyl groups is 1. The van der Waals surface area contributed by atoms with Crippen molar-refractivity contribution in [3.63, 3.8) is 0 Å². The maximum absolute atomic E-state index is 14.0. The summed E-state index contributed by atoms with van der Waals surface area (Å²) in [5.41, 5.74) is -0.00888. The van der Waals surface area contributed by atoms with Crippen LogP contribution in [-0.2, 0) is 6.42 Å². The number of fused-ring (bicyclic) bond motifs is 1. The van der Waals surface area contributed by atoms with Gasteiger partial charge < -0.3 is 5.11 Å². The van der Waals surface area contributed by atoms with E-state index in [2.05, 4.69) is 5.10 Å². The van der Waals surface area contributed by atoms with Gasteiger partial charge >= 0.3 is 6.18 Å². The molecule has 4 rings (SSSR count). The van der Waals surface area contributed by atoms with Crippen molar-refractivity contribution in [1.82, 2.24) is 9.78 Å². The quantitative estimate of drug-likeness (QED) is 0.559. The van der Waals surface area contributed by atoms with Crippen LogP contribution in [0.25, 0.3) is 11.8 Å². The van der Waals surface area contributed by atoms with Crippen LogP contribution in [0.5, 0.6) is 0 Å². The summed E-state index contributed by atoms with van der Waals surface area (Å²) in [7, 11) is 0. The molecule has 156 valence electrons. The molecule has 0 amide bonds. The van der Waals surface area contributed by atoms with Crippen LogP contribution in [0, 0.1) is 11.2 Å². The Hall–Kier alpha value is -2.93. The molecule has 1 N–H and O–H groups in total. The van der Waals surface area contributed by atoms with Crippen LogP contribution < -0.4 is 0 Å². The van der Waals surface area contributed by atoms with E-state index in [9.17, 15) is 22.7 Å². The van der Waals surface area contributed by atoms with Gasteiger partial charge in [-0.3, -0.25) is 0 Å². The number of nitrogens with zero attached hydrogens (tertiary/aromatic N) is 2. The van der Waals surface area contributed by atoms with Crippen molar-refractivity contribution in [1.29, 1.82) is 0 Å². The van der Waals surface area contributed by atoms with E-state index in [4.69, 9.17) is 0 Å². The van der Waals surface area contributed by atoms with Gasteiger partial charge in [-0.1, -0.05) is 37.3 Å². The molecule has 7 heteroatoms. The minimum absolute atomic E-state index is 0.0798. The lowest BCUT2D eigenvalue weighted by Gasteiger charge is -2.38. The number of aliphatic hydroxyl groups excluding tert-OH is 1. The van der Waals surface area contributed by atoms with E-state index in [0.717, 1.165) is 6.08 Å². The molecule has 1 heterocycles. The van der Waals surface area contributed by atoms with Crippen molar-refractivity contribution in [2.24, 2.45) is 5.41 Å². The van der Waals surface area contributed by atoms with Gasteiger partial charge in [0.1, 0.15) is 5.82 Å². The molecule has 0 aliphatic heterocycles. The highest BCUT2D eigenvalue weighted by molar-refractivity contribution is 5.62. The summed E-state index contributed by atoms with van der Waals surface area (Å²) in [5.74, 6) is -0.436. The van der Waals surface area contributed by atoms with Crippen LogP contribution in [0.15, 0.2) is 66.4 Å². The lowest BCUT2D eigenvalue weighted by Crippen LogP contribution is -2.35. The second-order valence-corrected chi connectivity index (χ2v) is 7.87. The number of benzene rings is 2. The molecule has 30 heavy (non-hydrogen) atoms. The Morgan fingerprint density at radius 3 is 2.40 bits per heavy atom. The van der Waals surface area contributed by atoms with E-state index in [1.54, 1.807) is 30.3 Å². The zero-order chi connectivity index (χ0) is 21.5. The van der Waals surface area contributed by atoms with Gasteiger partial charge in [0.2, 0.25) is 0 Å². The highest BCUT2D eigenvalue weighted by atomic mass is 19.4. The summed E-state index contributed by atoms with van der Waals surface area (Å²) < 4.78 is 56.8. The van der Waals surface area contributed by atoms with Crippen molar-refractivity contribution < 1.29 is 22.7 Å². The van der Waals surface area contributed by atoms with Gasteiger partial charge in [-0.05, 0) is 54.3 Å². The zero-order valence-electron chi connectivity index (χ0n) is 16.2. The molecule has 3 nitrogen and oxygen atoms in total. The lowest BCUT2D eigenvalue weighted by atomic mass is 9.69. The summed E-state index contributed by atoms with van der Waals surface area (Å²) in [5, 5.41) is 14.9. The van der Waals surface area contributed by atoms with E-state index in [1.165, 1.54) is 42.1 Å². The first-order valence-corrected chi connectivity index (χ1v) is 9.53. The molecule has 0 saturated heterocycles. The predicted octanol–water partition coefficient (Wildman–Crippen LogP) is 5.64. The van der Waals surface area contributed by atoms with Gasteiger partial charge in [0, 0.05) is 11.0 Å². The Labute approximate surface area is 171 Å². The number of alkyl halides is 3. The van der Waals surface area contributed by atoms with Crippen LogP contribution in [0.2, 0.25) is 0 Å². The summed E-state index contributed by atoms with van der Waals surface area (Å²) in [4.78, 5) is 0. The Morgan fingerprint density at radius 2 is 1.77 bits per heavy atom. The number of hydrogen-bond donors (Lipinski definition) is 1. The normalized spacial score (nSPS) is 19.9. The average molecular weight is 416 g/mol. The van der Waals surface area contributed by atoms with Gasteiger partial charge in [0.05, 0.1) is 23.7 Å². The molecule has 1 unspecified atom stereocenters. The molecule has 2 aromatic carbocycles. The minimum Gasteiger partial charge on any atom is -0.388 e. The summed E-state index contributed by atoms with van der Waals surface area (Å²) in [6, 6.07) is 14.1. The van der Waals surface area contributed by atoms with E-state index in [0.29, 0.717) is 22.5 Å². The first kappa shape index (κ1) is 20.3. The number of hydrogen-bond acceptors (Lipinski definition) is 2. The Kier molecular flexibility index (Phi) is 5.02. The minimum atomic E-state index is -4.57. The highest BCUT2D eigenvalue weighted by Gasteiger charge is 2.49. The maximum Gasteiger partial charge on any atom is 0.413 e. The van der Waals surface area contributed by atoms with Crippen LogP contribution in [0.4, 0.5) is 17.6 Å². The smallest absolute Gasteiger partial charge is 0.388 e. The monoisotopic (exact) mass is 416 g/mol. The van der Waals surface area contributed by atoms with Crippen molar-refractivity contribution in [2.75, 3.05) is 0 Å². The van der Waals surface area contributed by atoms with Gasteiger partial charge in [-0.25, -0.2) is 9.07 Å². The van der Waals surface area contributed by atoms with Crippen LogP contribution >= 0.6 is 0 Å². The van der Waals surface area contributed by atoms with Gasteiger partial charge in [0.15, 0.2) is 0 Å². The van der Waals surface area contributed by atoms with Gasteiger partial charge in [0.25, 0.3) is 0 Å². The third kappa shape index (κ3) is 3.77. The fraction of sp³-hybridized carbons (Fsp3) is 0.261. The molecule has 0 saturated carbocycles. The van der Waals surface area contributed by atoms with Crippen LogP contribution in [0.1, 0.15) is 36.3 Å². The van der Waals surface area contributed by atoms with Crippen LogP contribution in [-0.4, -0.2) is 21.1 Å².